The minimum Gasteiger partial charge on any atom is -0.339 e. The van der Waals surface area contributed by atoms with Gasteiger partial charge in [0.15, 0.2) is 0 Å². The molecule has 0 fully saturated rings. The van der Waals surface area contributed by atoms with Crippen molar-refractivity contribution in [3.05, 3.63) is 0 Å². The van der Waals surface area contributed by atoms with E-state index in [-0.39, 0.29) is 18.0 Å². The van der Waals surface area contributed by atoms with E-state index in [1.54, 1.807) is 0 Å². The largest absolute Gasteiger partial charge is 0.339 e. The van der Waals surface area contributed by atoms with Gasteiger partial charge in [-0.2, -0.15) is 0 Å². The van der Waals surface area contributed by atoms with Crippen LogP contribution in [0.4, 0.5) is 0 Å². The molecule has 2 unspecified atom stereocenters. The molecule has 90 valence electrons. The number of carbonyl (C=O) groups excluding carboxylic acids is 1. The average Bonchev–Trinajstić information content (AvgIpc) is 2.01. The van der Waals surface area contributed by atoms with Crippen LogP contribution in [0.1, 0.15) is 27.2 Å². The summed E-state index contributed by atoms with van der Waals surface area (Å²) < 4.78 is 0. The molecule has 0 aromatic heterocycles. The molecule has 0 aliphatic rings. The Morgan fingerprint density at radius 1 is 1.33 bits per heavy atom. The van der Waals surface area contributed by atoms with Crippen molar-refractivity contribution in [2.24, 2.45) is 5.73 Å². The van der Waals surface area contributed by atoms with E-state index >= 15 is 0 Å². The maximum Gasteiger partial charge on any atom is 0.224 e. The van der Waals surface area contributed by atoms with Crippen molar-refractivity contribution < 1.29 is 4.79 Å². The molecule has 0 aromatic rings. The molecular weight excluding hydrogens is 190 g/mol. The molecule has 0 heterocycles. The minimum absolute atomic E-state index is 0.0573. The lowest BCUT2D eigenvalue weighted by Crippen LogP contribution is -2.45. The second-order valence-electron chi connectivity index (χ2n) is 4.47. The summed E-state index contributed by atoms with van der Waals surface area (Å²) in [6.45, 7) is 7.58. The fraction of sp³-hybridized carbons (Fsp3) is 0.909. The molecule has 0 radical (unpaired) electrons. The number of rotatable bonds is 6. The maximum atomic E-state index is 11.8. The molecule has 0 rings (SSSR count). The molecule has 0 saturated carbocycles. The van der Waals surface area contributed by atoms with Crippen LogP contribution in [0.3, 0.4) is 0 Å². The standard InChI is InChI=1S/C11H25N3O/c1-6-14(10(3)8-13(4)5)11(15)7-9(2)12/h9-10H,6-8,12H2,1-5H3. The predicted octanol–water partition coefficient (Wildman–Crippen LogP) is 0.522. The first-order valence-corrected chi connectivity index (χ1v) is 5.58. The highest BCUT2D eigenvalue weighted by molar-refractivity contribution is 5.77. The molecule has 15 heavy (non-hydrogen) atoms. The van der Waals surface area contributed by atoms with E-state index in [1.807, 2.05) is 32.8 Å². The van der Waals surface area contributed by atoms with Gasteiger partial charge in [-0.15, -0.1) is 0 Å². The molecule has 4 heteroatoms. The SMILES string of the molecule is CCN(C(=O)CC(C)N)C(C)CN(C)C. The Hall–Kier alpha value is -0.610. The topological polar surface area (TPSA) is 49.6 Å². The highest BCUT2D eigenvalue weighted by Crippen LogP contribution is 2.04. The van der Waals surface area contributed by atoms with Gasteiger partial charge < -0.3 is 15.5 Å². The third-order valence-electron chi connectivity index (χ3n) is 2.32. The monoisotopic (exact) mass is 215 g/mol. The van der Waals surface area contributed by atoms with Crippen molar-refractivity contribution in [2.75, 3.05) is 27.2 Å². The number of nitrogens with zero attached hydrogens (tertiary/aromatic N) is 2. The Bertz CT molecular complexity index is 192. The molecule has 0 bridgehead atoms. The first-order chi connectivity index (χ1) is 6.88. The normalized spacial score (nSPS) is 15.1. The van der Waals surface area contributed by atoms with E-state index in [1.165, 1.54) is 0 Å². The predicted molar refractivity (Wildman–Crippen MR) is 63.7 cm³/mol. The lowest BCUT2D eigenvalue weighted by atomic mass is 10.2. The number of hydrogen-bond acceptors (Lipinski definition) is 3. The molecule has 2 N–H and O–H groups in total. The molecule has 2 atom stereocenters. The van der Waals surface area contributed by atoms with Gasteiger partial charge in [0.25, 0.3) is 0 Å². The van der Waals surface area contributed by atoms with Gasteiger partial charge in [-0.05, 0) is 34.9 Å². The van der Waals surface area contributed by atoms with Crippen molar-refractivity contribution in [1.29, 1.82) is 0 Å². The first kappa shape index (κ1) is 14.4. The zero-order chi connectivity index (χ0) is 12.0. The van der Waals surface area contributed by atoms with Gasteiger partial charge in [-0.1, -0.05) is 0 Å². The molecular formula is C11H25N3O. The fourth-order valence-electron chi connectivity index (χ4n) is 1.75. The zero-order valence-corrected chi connectivity index (χ0v) is 10.7. The molecule has 0 spiro atoms. The van der Waals surface area contributed by atoms with Gasteiger partial charge in [0.05, 0.1) is 0 Å². The van der Waals surface area contributed by atoms with Gasteiger partial charge in [0.1, 0.15) is 0 Å². The van der Waals surface area contributed by atoms with Crippen LogP contribution in [0, 0.1) is 0 Å². The highest BCUT2D eigenvalue weighted by atomic mass is 16.2. The molecule has 1 amide bonds. The number of hydrogen-bond donors (Lipinski definition) is 1. The van der Waals surface area contributed by atoms with Crippen LogP contribution in [0.2, 0.25) is 0 Å². The van der Waals surface area contributed by atoms with E-state index in [0.29, 0.717) is 6.42 Å². The summed E-state index contributed by atoms with van der Waals surface area (Å²) in [4.78, 5) is 15.8. The summed E-state index contributed by atoms with van der Waals surface area (Å²) in [5.41, 5.74) is 5.63. The lowest BCUT2D eigenvalue weighted by Gasteiger charge is -2.30. The Balaban J connectivity index is 4.27. The smallest absolute Gasteiger partial charge is 0.224 e. The number of likely N-dealkylation sites (N-methyl/N-ethyl adjacent to an activating group) is 2. The lowest BCUT2D eigenvalue weighted by molar-refractivity contribution is -0.133. The maximum absolute atomic E-state index is 11.8. The summed E-state index contributed by atoms with van der Waals surface area (Å²) in [6, 6.07) is 0.189. The van der Waals surface area contributed by atoms with E-state index in [4.69, 9.17) is 5.73 Å². The molecule has 0 aliphatic carbocycles. The Labute approximate surface area is 93.4 Å². The summed E-state index contributed by atoms with van der Waals surface area (Å²) in [7, 11) is 4.03. The van der Waals surface area contributed by atoms with Gasteiger partial charge in [0, 0.05) is 31.6 Å². The van der Waals surface area contributed by atoms with Crippen LogP contribution >= 0.6 is 0 Å². The number of carbonyl (C=O) groups is 1. The van der Waals surface area contributed by atoms with Crippen molar-refractivity contribution in [2.45, 2.75) is 39.3 Å². The summed E-state index contributed by atoms with van der Waals surface area (Å²) >= 11 is 0. The van der Waals surface area contributed by atoms with Gasteiger partial charge in [-0.25, -0.2) is 0 Å². The summed E-state index contributed by atoms with van der Waals surface area (Å²) in [5, 5.41) is 0. The highest BCUT2D eigenvalue weighted by Gasteiger charge is 2.19. The quantitative estimate of drug-likeness (QED) is 0.703. The third kappa shape index (κ3) is 5.74. The first-order valence-electron chi connectivity index (χ1n) is 5.58. The van der Waals surface area contributed by atoms with Crippen LogP contribution in [0.25, 0.3) is 0 Å². The Kier molecular flexibility index (Phi) is 6.52. The van der Waals surface area contributed by atoms with E-state index in [9.17, 15) is 4.79 Å². The molecule has 0 saturated heterocycles. The van der Waals surface area contributed by atoms with Gasteiger partial charge >= 0.3 is 0 Å². The zero-order valence-electron chi connectivity index (χ0n) is 10.7. The van der Waals surface area contributed by atoms with E-state index < -0.39 is 0 Å². The summed E-state index contributed by atoms with van der Waals surface area (Å²) in [6.07, 6.45) is 0.436. The van der Waals surface area contributed by atoms with Crippen LogP contribution in [0.15, 0.2) is 0 Å². The van der Waals surface area contributed by atoms with Crippen molar-refractivity contribution in [3.63, 3.8) is 0 Å². The summed E-state index contributed by atoms with van der Waals surface area (Å²) in [5.74, 6) is 0.154. The van der Waals surface area contributed by atoms with Crippen LogP contribution in [-0.2, 0) is 4.79 Å². The second kappa shape index (κ2) is 6.80. The van der Waals surface area contributed by atoms with Crippen molar-refractivity contribution in [1.82, 2.24) is 9.80 Å². The fourth-order valence-corrected chi connectivity index (χ4v) is 1.75. The van der Waals surface area contributed by atoms with Crippen molar-refractivity contribution in [3.8, 4) is 0 Å². The van der Waals surface area contributed by atoms with Gasteiger partial charge in [0.2, 0.25) is 5.91 Å². The number of amides is 1. The van der Waals surface area contributed by atoms with Gasteiger partial charge in [-0.3, -0.25) is 4.79 Å². The average molecular weight is 215 g/mol. The molecule has 4 nitrogen and oxygen atoms in total. The van der Waals surface area contributed by atoms with E-state index in [2.05, 4.69) is 11.8 Å². The van der Waals surface area contributed by atoms with Crippen LogP contribution in [0.5, 0.6) is 0 Å². The van der Waals surface area contributed by atoms with Crippen molar-refractivity contribution >= 4 is 5.91 Å². The van der Waals surface area contributed by atoms with Crippen LogP contribution in [-0.4, -0.2) is 55.0 Å². The van der Waals surface area contributed by atoms with Crippen LogP contribution < -0.4 is 5.73 Å². The number of nitrogens with two attached hydrogens (primary N) is 1. The molecule has 0 aromatic carbocycles. The van der Waals surface area contributed by atoms with E-state index in [0.717, 1.165) is 13.1 Å². The Morgan fingerprint density at radius 3 is 2.20 bits per heavy atom. The third-order valence-corrected chi connectivity index (χ3v) is 2.32. The molecule has 0 aliphatic heterocycles. The minimum atomic E-state index is -0.0573. The second-order valence-corrected chi connectivity index (χ2v) is 4.47. The Morgan fingerprint density at radius 2 is 1.87 bits per heavy atom.